The lowest BCUT2D eigenvalue weighted by Crippen LogP contribution is -2.43. The molecular weight excluding hydrogens is 336 g/mol. The normalized spacial score (nSPS) is 21.3. The lowest BCUT2D eigenvalue weighted by Gasteiger charge is -2.33. The Hall–Kier alpha value is -2.48. The van der Waals surface area contributed by atoms with E-state index in [0.29, 0.717) is 31.0 Å². The van der Waals surface area contributed by atoms with Crippen molar-refractivity contribution in [3.8, 4) is 11.3 Å². The maximum atomic E-state index is 12.5. The summed E-state index contributed by atoms with van der Waals surface area (Å²) in [7, 11) is 0. The summed E-state index contributed by atoms with van der Waals surface area (Å²) in [6.07, 6.45) is 3.07. The van der Waals surface area contributed by atoms with Gasteiger partial charge in [0.05, 0.1) is 11.4 Å². The molecule has 4 rings (SSSR count). The standard InChI is InChI=1S/C18H22N4O4/c1-11-9-15(26-21-11)13-10-16(23)19-20-17(13)12-4-6-22(7-5-12)18(24)14-3-2-8-25-14/h9-10,12,14H,2-8H2,1H3,(H,19,23)/t14-/m0/s1. The van der Waals surface area contributed by atoms with Gasteiger partial charge < -0.3 is 14.2 Å². The van der Waals surface area contributed by atoms with Gasteiger partial charge in [0.25, 0.3) is 11.5 Å². The lowest BCUT2D eigenvalue weighted by molar-refractivity contribution is -0.142. The van der Waals surface area contributed by atoms with Gasteiger partial charge in [-0.05, 0) is 32.6 Å². The van der Waals surface area contributed by atoms with E-state index in [1.165, 1.54) is 6.07 Å². The number of ether oxygens (including phenoxy) is 1. The summed E-state index contributed by atoms with van der Waals surface area (Å²) < 4.78 is 10.8. The average Bonchev–Trinajstić information content (AvgIpc) is 3.33. The number of aromatic nitrogens is 3. The first-order chi connectivity index (χ1) is 12.6. The van der Waals surface area contributed by atoms with E-state index in [9.17, 15) is 9.59 Å². The maximum Gasteiger partial charge on any atom is 0.264 e. The van der Waals surface area contributed by atoms with E-state index in [1.54, 1.807) is 6.07 Å². The van der Waals surface area contributed by atoms with Gasteiger partial charge in [0.2, 0.25) is 0 Å². The molecule has 0 bridgehead atoms. The van der Waals surface area contributed by atoms with Crippen LogP contribution in [0.3, 0.4) is 0 Å². The molecule has 2 aliphatic heterocycles. The van der Waals surface area contributed by atoms with Crippen LogP contribution in [0.1, 0.15) is 43.0 Å². The molecule has 138 valence electrons. The minimum atomic E-state index is -0.274. The van der Waals surface area contributed by atoms with Gasteiger partial charge in [0.1, 0.15) is 6.10 Å². The second kappa shape index (κ2) is 7.03. The van der Waals surface area contributed by atoms with Gasteiger partial charge >= 0.3 is 0 Å². The summed E-state index contributed by atoms with van der Waals surface area (Å²) >= 11 is 0. The van der Waals surface area contributed by atoms with Gasteiger partial charge in [-0.25, -0.2) is 5.10 Å². The molecule has 0 radical (unpaired) electrons. The number of hydrogen-bond acceptors (Lipinski definition) is 6. The highest BCUT2D eigenvalue weighted by Gasteiger charge is 2.32. The van der Waals surface area contributed by atoms with Crippen molar-refractivity contribution in [3.63, 3.8) is 0 Å². The summed E-state index contributed by atoms with van der Waals surface area (Å²) in [5.74, 6) is 0.802. The minimum absolute atomic E-state index is 0.0986. The largest absolute Gasteiger partial charge is 0.368 e. The predicted molar refractivity (Wildman–Crippen MR) is 92.6 cm³/mol. The molecule has 1 atom stereocenters. The van der Waals surface area contributed by atoms with Crippen LogP contribution in [-0.2, 0) is 9.53 Å². The Bertz CT molecular complexity index is 845. The minimum Gasteiger partial charge on any atom is -0.368 e. The van der Waals surface area contributed by atoms with Crippen molar-refractivity contribution in [1.29, 1.82) is 0 Å². The first-order valence-corrected chi connectivity index (χ1v) is 9.05. The van der Waals surface area contributed by atoms with Crippen LogP contribution < -0.4 is 5.56 Å². The van der Waals surface area contributed by atoms with Crippen LogP contribution in [0.2, 0.25) is 0 Å². The fourth-order valence-electron chi connectivity index (χ4n) is 3.76. The molecule has 0 unspecified atom stereocenters. The van der Waals surface area contributed by atoms with Crippen molar-refractivity contribution in [2.75, 3.05) is 19.7 Å². The van der Waals surface area contributed by atoms with Crippen LogP contribution >= 0.6 is 0 Å². The topological polar surface area (TPSA) is 101 Å². The predicted octanol–water partition coefficient (Wildman–Crippen LogP) is 1.62. The van der Waals surface area contributed by atoms with Crippen LogP contribution in [-0.4, -0.2) is 52.0 Å². The number of hydrogen-bond donors (Lipinski definition) is 1. The lowest BCUT2D eigenvalue weighted by atomic mass is 9.90. The Morgan fingerprint density at radius 1 is 1.27 bits per heavy atom. The first kappa shape index (κ1) is 17.0. The van der Waals surface area contributed by atoms with E-state index >= 15 is 0 Å². The van der Waals surface area contributed by atoms with E-state index < -0.39 is 0 Å². The third-order valence-electron chi connectivity index (χ3n) is 5.13. The van der Waals surface area contributed by atoms with E-state index in [0.717, 1.165) is 37.1 Å². The molecule has 2 aromatic rings. The molecule has 2 saturated heterocycles. The highest BCUT2D eigenvalue weighted by atomic mass is 16.5. The molecule has 1 amide bonds. The van der Waals surface area contributed by atoms with Crippen molar-refractivity contribution in [3.05, 3.63) is 33.9 Å². The number of carbonyl (C=O) groups is 1. The van der Waals surface area contributed by atoms with Gasteiger partial charge in [-0.15, -0.1) is 0 Å². The quantitative estimate of drug-likeness (QED) is 0.895. The molecule has 2 fully saturated rings. The van der Waals surface area contributed by atoms with Gasteiger partial charge in [-0.1, -0.05) is 5.16 Å². The van der Waals surface area contributed by atoms with Gasteiger partial charge in [0.15, 0.2) is 5.76 Å². The number of aromatic amines is 1. The molecule has 8 heteroatoms. The summed E-state index contributed by atoms with van der Waals surface area (Å²) in [6, 6.07) is 3.31. The Morgan fingerprint density at radius 2 is 2.08 bits per heavy atom. The zero-order valence-corrected chi connectivity index (χ0v) is 14.7. The number of H-pyrrole nitrogens is 1. The molecule has 1 N–H and O–H groups in total. The number of rotatable bonds is 3. The summed E-state index contributed by atoms with van der Waals surface area (Å²) in [5, 5.41) is 10.7. The fraction of sp³-hybridized carbons (Fsp3) is 0.556. The second-order valence-corrected chi connectivity index (χ2v) is 6.96. The van der Waals surface area contributed by atoms with Crippen molar-refractivity contribution in [2.45, 2.75) is 44.6 Å². The number of nitrogens with zero attached hydrogens (tertiary/aromatic N) is 3. The van der Waals surface area contributed by atoms with E-state index in [4.69, 9.17) is 9.26 Å². The number of likely N-dealkylation sites (tertiary alicyclic amines) is 1. The number of nitrogens with one attached hydrogen (secondary N) is 1. The summed E-state index contributed by atoms with van der Waals surface area (Å²) in [5.41, 5.74) is 1.95. The third kappa shape index (κ3) is 3.29. The first-order valence-electron chi connectivity index (χ1n) is 9.05. The van der Waals surface area contributed by atoms with Crippen LogP contribution in [0.4, 0.5) is 0 Å². The SMILES string of the molecule is Cc1cc(-c2cc(=O)[nH]nc2C2CCN(C(=O)[C@@H]3CCCO3)CC2)on1. The zero-order valence-electron chi connectivity index (χ0n) is 14.7. The zero-order chi connectivity index (χ0) is 18.1. The molecular formula is C18H22N4O4. The number of carbonyl (C=O) groups excluding carboxylic acids is 1. The second-order valence-electron chi connectivity index (χ2n) is 6.96. The summed E-state index contributed by atoms with van der Waals surface area (Å²) in [6.45, 7) is 3.84. The molecule has 0 spiro atoms. The van der Waals surface area contributed by atoms with E-state index in [-0.39, 0.29) is 23.5 Å². The van der Waals surface area contributed by atoms with Crippen LogP contribution in [0, 0.1) is 6.92 Å². The molecule has 4 heterocycles. The highest BCUT2D eigenvalue weighted by Crippen LogP contribution is 2.33. The average molecular weight is 358 g/mol. The maximum absolute atomic E-state index is 12.5. The van der Waals surface area contributed by atoms with Crippen LogP contribution in [0.5, 0.6) is 0 Å². The molecule has 0 aliphatic carbocycles. The smallest absolute Gasteiger partial charge is 0.264 e. The fourth-order valence-corrected chi connectivity index (χ4v) is 3.76. The number of amides is 1. The molecule has 2 aliphatic rings. The highest BCUT2D eigenvalue weighted by molar-refractivity contribution is 5.81. The van der Waals surface area contributed by atoms with Crippen molar-refractivity contribution in [2.24, 2.45) is 0 Å². The van der Waals surface area contributed by atoms with Crippen molar-refractivity contribution < 1.29 is 14.1 Å². The Morgan fingerprint density at radius 3 is 2.73 bits per heavy atom. The Labute approximate surface area is 150 Å². The molecule has 2 aromatic heterocycles. The monoisotopic (exact) mass is 358 g/mol. The van der Waals surface area contributed by atoms with E-state index in [2.05, 4.69) is 15.4 Å². The van der Waals surface area contributed by atoms with Gasteiger partial charge in [0, 0.05) is 43.3 Å². The number of aryl methyl sites for hydroxylation is 1. The molecule has 26 heavy (non-hydrogen) atoms. The van der Waals surface area contributed by atoms with Crippen LogP contribution in [0.25, 0.3) is 11.3 Å². The summed E-state index contributed by atoms with van der Waals surface area (Å²) in [4.78, 5) is 26.1. The molecule has 8 nitrogen and oxygen atoms in total. The van der Waals surface area contributed by atoms with Crippen molar-refractivity contribution in [1.82, 2.24) is 20.3 Å². The Balaban J connectivity index is 1.51. The van der Waals surface area contributed by atoms with Gasteiger partial charge in [-0.3, -0.25) is 9.59 Å². The van der Waals surface area contributed by atoms with Crippen molar-refractivity contribution >= 4 is 5.91 Å². The van der Waals surface area contributed by atoms with Gasteiger partial charge in [-0.2, -0.15) is 5.10 Å². The Kier molecular flexibility index (Phi) is 4.58. The number of piperidine rings is 1. The van der Waals surface area contributed by atoms with E-state index in [1.807, 2.05) is 11.8 Å². The molecule has 0 saturated carbocycles. The van der Waals surface area contributed by atoms with Crippen LogP contribution in [0.15, 0.2) is 21.5 Å². The molecule has 0 aromatic carbocycles. The third-order valence-corrected chi connectivity index (χ3v) is 5.13.